The number of anilines is 3. The van der Waals surface area contributed by atoms with Crippen LogP contribution in [0.1, 0.15) is 28.4 Å². The van der Waals surface area contributed by atoms with Gasteiger partial charge in [0.05, 0.1) is 5.52 Å². The highest BCUT2D eigenvalue weighted by molar-refractivity contribution is 5.99. The fourth-order valence-electron chi connectivity index (χ4n) is 3.33. The molecule has 5 nitrogen and oxygen atoms in total. The van der Waals surface area contributed by atoms with Crippen LogP contribution in [0.4, 0.5) is 17.2 Å². The Morgan fingerprint density at radius 2 is 1.62 bits per heavy atom. The van der Waals surface area contributed by atoms with Crippen LogP contribution < -0.4 is 10.6 Å². The number of carbonyl (C=O) groups excluding carboxylic acids is 1. The van der Waals surface area contributed by atoms with Crippen LogP contribution in [0, 0.1) is 0 Å². The van der Waals surface area contributed by atoms with E-state index in [0.717, 1.165) is 35.0 Å². The monoisotopic (exact) mass is 382 g/mol. The normalized spacial score (nSPS) is 10.7. The molecule has 4 aromatic rings. The Morgan fingerprint density at radius 1 is 0.897 bits per heavy atom. The molecule has 0 aliphatic heterocycles. The van der Waals surface area contributed by atoms with Crippen molar-refractivity contribution in [3.8, 4) is 0 Å². The van der Waals surface area contributed by atoms with Crippen molar-refractivity contribution in [2.75, 3.05) is 10.6 Å². The van der Waals surface area contributed by atoms with E-state index in [1.54, 1.807) is 6.07 Å². The molecule has 1 heterocycles. The number of hydrogen-bond acceptors (Lipinski definition) is 5. The van der Waals surface area contributed by atoms with Gasteiger partial charge in [-0.2, -0.15) is 0 Å². The largest absolute Gasteiger partial charge is 0.365 e. The highest BCUT2D eigenvalue weighted by Crippen LogP contribution is 2.23. The van der Waals surface area contributed by atoms with E-state index in [1.807, 2.05) is 18.2 Å². The summed E-state index contributed by atoms with van der Waals surface area (Å²) in [4.78, 5) is 19.9. The summed E-state index contributed by atoms with van der Waals surface area (Å²) in [7, 11) is 0. The van der Waals surface area contributed by atoms with Gasteiger partial charge in [0.15, 0.2) is 6.29 Å². The lowest BCUT2D eigenvalue weighted by molar-refractivity contribution is 0.112. The van der Waals surface area contributed by atoms with E-state index in [0.29, 0.717) is 23.4 Å². The van der Waals surface area contributed by atoms with Gasteiger partial charge in [-0.3, -0.25) is 4.79 Å². The quantitative estimate of drug-likeness (QED) is 0.421. The van der Waals surface area contributed by atoms with Crippen LogP contribution in [0.15, 0.2) is 73.1 Å². The average molecular weight is 382 g/mol. The molecule has 144 valence electrons. The molecule has 29 heavy (non-hydrogen) atoms. The van der Waals surface area contributed by atoms with Crippen molar-refractivity contribution in [3.05, 3.63) is 89.7 Å². The standard InChI is InChI=1S/C24H22N4O/c1-2-17-6-3-9-20(12-17)28-21-10-4-7-18(13-21)14-25-24-22-11-5-8-19(15-29)23(22)26-16-27-24/h3-13,15-16,28H,2,14H2,1H3,(H,25,26,27). The lowest BCUT2D eigenvalue weighted by Crippen LogP contribution is -2.03. The van der Waals surface area contributed by atoms with Crippen LogP contribution in [0.25, 0.3) is 10.9 Å². The minimum absolute atomic E-state index is 0.563. The molecular formula is C24H22N4O. The van der Waals surface area contributed by atoms with Crippen molar-refractivity contribution < 1.29 is 4.79 Å². The molecule has 0 spiro atoms. The predicted molar refractivity (Wildman–Crippen MR) is 118 cm³/mol. The number of nitrogens with zero attached hydrogens (tertiary/aromatic N) is 2. The Bertz CT molecular complexity index is 1160. The summed E-state index contributed by atoms with van der Waals surface area (Å²) in [6, 6.07) is 22.2. The van der Waals surface area contributed by atoms with Gasteiger partial charge in [0, 0.05) is 28.9 Å². The lowest BCUT2D eigenvalue weighted by atomic mass is 10.1. The van der Waals surface area contributed by atoms with E-state index in [1.165, 1.54) is 11.9 Å². The van der Waals surface area contributed by atoms with Crippen molar-refractivity contribution >= 4 is 34.4 Å². The van der Waals surface area contributed by atoms with Crippen molar-refractivity contribution in [2.24, 2.45) is 0 Å². The highest BCUT2D eigenvalue weighted by atomic mass is 16.1. The lowest BCUT2D eigenvalue weighted by Gasteiger charge is -2.12. The number of carbonyl (C=O) groups is 1. The maximum atomic E-state index is 11.3. The summed E-state index contributed by atoms with van der Waals surface area (Å²) in [5.41, 5.74) is 5.77. The van der Waals surface area contributed by atoms with E-state index >= 15 is 0 Å². The molecular weight excluding hydrogens is 360 g/mol. The van der Waals surface area contributed by atoms with Crippen LogP contribution in [-0.2, 0) is 13.0 Å². The second kappa shape index (κ2) is 8.52. The molecule has 0 bridgehead atoms. The molecule has 3 aromatic carbocycles. The first kappa shape index (κ1) is 18.6. The number of aldehydes is 1. The number of rotatable bonds is 7. The molecule has 1 aromatic heterocycles. The summed E-state index contributed by atoms with van der Waals surface area (Å²) in [6.07, 6.45) is 3.32. The number of nitrogens with one attached hydrogen (secondary N) is 2. The summed E-state index contributed by atoms with van der Waals surface area (Å²) >= 11 is 0. The Kier molecular flexibility index (Phi) is 5.47. The van der Waals surface area contributed by atoms with Gasteiger partial charge in [-0.25, -0.2) is 9.97 Å². The number of fused-ring (bicyclic) bond motifs is 1. The molecule has 0 aliphatic rings. The third kappa shape index (κ3) is 4.24. The zero-order valence-corrected chi connectivity index (χ0v) is 16.2. The average Bonchev–Trinajstić information content (AvgIpc) is 2.77. The van der Waals surface area contributed by atoms with Gasteiger partial charge in [0.1, 0.15) is 12.1 Å². The smallest absolute Gasteiger partial charge is 0.152 e. The molecule has 0 saturated heterocycles. The minimum atomic E-state index is 0.563. The Morgan fingerprint density at radius 3 is 2.38 bits per heavy atom. The molecule has 0 unspecified atom stereocenters. The highest BCUT2D eigenvalue weighted by Gasteiger charge is 2.07. The SMILES string of the molecule is CCc1cccc(Nc2cccc(CNc3ncnc4c(C=O)cccc34)c2)c1. The molecule has 0 aliphatic carbocycles. The molecule has 4 rings (SSSR count). The number of aryl methyl sites for hydroxylation is 1. The Labute approximate surface area is 169 Å². The van der Waals surface area contributed by atoms with Crippen molar-refractivity contribution in [1.82, 2.24) is 9.97 Å². The minimum Gasteiger partial charge on any atom is -0.365 e. The zero-order chi connectivity index (χ0) is 20.1. The van der Waals surface area contributed by atoms with Gasteiger partial charge in [-0.1, -0.05) is 37.3 Å². The van der Waals surface area contributed by atoms with Gasteiger partial charge in [-0.15, -0.1) is 0 Å². The molecule has 2 N–H and O–H groups in total. The topological polar surface area (TPSA) is 66.9 Å². The van der Waals surface area contributed by atoms with Crippen molar-refractivity contribution in [3.63, 3.8) is 0 Å². The van der Waals surface area contributed by atoms with E-state index in [2.05, 4.69) is 70.0 Å². The van der Waals surface area contributed by atoms with Crippen LogP contribution in [0.5, 0.6) is 0 Å². The zero-order valence-electron chi connectivity index (χ0n) is 16.2. The first-order valence-corrected chi connectivity index (χ1v) is 9.64. The van der Waals surface area contributed by atoms with E-state index in [-0.39, 0.29) is 0 Å². The van der Waals surface area contributed by atoms with Crippen molar-refractivity contribution in [1.29, 1.82) is 0 Å². The van der Waals surface area contributed by atoms with Gasteiger partial charge in [0.2, 0.25) is 0 Å². The third-order valence-corrected chi connectivity index (χ3v) is 4.83. The van der Waals surface area contributed by atoms with Gasteiger partial charge in [0.25, 0.3) is 0 Å². The summed E-state index contributed by atoms with van der Waals surface area (Å²) < 4.78 is 0. The molecule has 0 radical (unpaired) electrons. The number of para-hydroxylation sites is 1. The summed E-state index contributed by atoms with van der Waals surface area (Å²) in [5, 5.41) is 7.68. The fourth-order valence-corrected chi connectivity index (χ4v) is 3.33. The van der Waals surface area contributed by atoms with Crippen molar-refractivity contribution in [2.45, 2.75) is 19.9 Å². The fraction of sp³-hybridized carbons (Fsp3) is 0.125. The Balaban J connectivity index is 1.52. The maximum absolute atomic E-state index is 11.3. The van der Waals surface area contributed by atoms with Crippen LogP contribution in [-0.4, -0.2) is 16.3 Å². The summed E-state index contributed by atoms with van der Waals surface area (Å²) in [5.74, 6) is 0.715. The van der Waals surface area contributed by atoms with Crippen LogP contribution in [0.3, 0.4) is 0 Å². The predicted octanol–water partition coefficient (Wildman–Crippen LogP) is 5.36. The van der Waals surface area contributed by atoms with Crippen LogP contribution >= 0.6 is 0 Å². The summed E-state index contributed by atoms with van der Waals surface area (Å²) in [6.45, 7) is 2.77. The third-order valence-electron chi connectivity index (χ3n) is 4.83. The van der Waals surface area contributed by atoms with Gasteiger partial charge >= 0.3 is 0 Å². The molecule has 0 atom stereocenters. The molecule has 0 saturated carbocycles. The van der Waals surface area contributed by atoms with Crippen LogP contribution in [0.2, 0.25) is 0 Å². The second-order valence-electron chi connectivity index (χ2n) is 6.82. The maximum Gasteiger partial charge on any atom is 0.152 e. The first-order valence-electron chi connectivity index (χ1n) is 9.64. The number of aromatic nitrogens is 2. The van der Waals surface area contributed by atoms with E-state index < -0.39 is 0 Å². The molecule has 0 fully saturated rings. The van der Waals surface area contributed by atoms with E-state index in [9.17, 15) is 4.79 Å². The number of benzene rings is 3. The molecule has 0 amide bonds. The van der Waals surface area contributed by atoms with E-state index in [4.69, 9.17) is 0 Å². The van der Waals surface area contributed by atoms with Gasteiger partial charge < -0.3 is 10.6 Å². The van der Waals surface area contributed by atoms with Gasteiger partial charge in [-0.05, 0) is 53.9 Å². The number of hydrogen-bond donors (Lipinski definition) is 2. The second-order valence-corrected chi connectivity index (χ2v) is 6.82. The first-order chi connectivity index (χ1) is 14.3. The molecule has 5 heteroatoms. The Hall–Kier alpha value is -3.73.